The van der Waals surface area contributed by atoms with Crippen molar-refractivity contribution in [2.45, 2.75) is 69.5 Å². The van der Waals surface area contributed by atoms with Crippen LogP contribution in [0.4, 0.5) is 0 Å². The fraction of sp³-hybridized carbons (Fsp3) is 0.636. The van der Waals surface area contributed by atoms with E-state index in [9.17, 15) is 0 Å². The molecule has 2 saturated carbocycles. The second kappa shape index (κ2) is 8.24. The van der Waals surface area contributed by atoms with Crippen molar-refractivity contribution < 1.29 is 0 Å². The van der Waals surface area contributed by atoms with Gasteiger partial charge in [0.2, 0.25) is 0 Å². The summed E-state index contributed by atoms with van der Waals surface area (Å²) in [4.78, 5) is 5.32. The van der Waals surface area contributed by atoms with Gasteiger partial charge in [0.1, 0.15) is 0 Å². The van der Waals surface area contributed by atoms with Gasteiger partial charge in [-0.05, 0) is 76.2 Å². The third-order valence-electron chi connectivity index (χ3n) is 6.32. The SMILES string of the molecule is C=CCN(CCC)C1CCC(c2ccc(Cl)cc2)(N(C)C2CC2)CC1. The highest BCUT2D eigenvalue weighted by molar-refractivity contribution is 6.30. The maximum absolute atomic E-state index is 6.16. The molecule has 138 valence electrons. The van der Waals surface area contributed by atoms with Crippen molar-refractivity contribution in [3.8, 4) is 0 Å². The molecule has 0 aromatic heterocycles. The number of nitrogens with zero attached hydrogens (tertiary/aromatic N) is 2. The lowest BCUT2D eigenvalue weighted by Crippen LogP contribution is -2.51. The molecule has 3 rings (SSSR count). The fourth-order valence-corrected chi connectivity index (χ4v) is 4.86. The molecule has 0 saturated heterocycles. The largest absolute Gasteiger partial charge is 0.297 e. The third kappa shape index (κ3) is 4.13. The average molecular weight is 361 g/mol. The molecule has 0 heterocycles. The smallest absolute Gasteiger partial charge is 0.0461 e. The first-order chi connectivity index (χ1) is 12.1. The molecule has 0 spiro atoms. The number of rotatable bonds is 8. The minimum atomic E-state index is 0.189. The van der Waals surface area contributed by atoms with Crippen LogP contribution in [0.2, 0.25) is 5.02 Å². The van der Waals surface area contributed by atoms with Crippen LogP contribution in [0.15, 0.2) is 36.9 Å². The molecule has 0 N–H and O–H groups in total. The fourth-order valence-electron chi connectivity index (χ4n) is 4.74. The van der Waals surface area contributed by atoms with E-state index >= 15 is 0 Å². The highest BCUT2D eigenvalue weighted by Crippen LogP contribution is 2.47. The summed E-state index contributed by atoms with van der Waals surface area (Å²) in [6.07, 6.45) is 11.0. The second-order valence-electron chi connectivity index (χ2n) is 7.90. The molecular weight excluding hydrogens is 328 g/mol. The monoisotopic (exact) mass is 360 g/mol. The van der Waals surface area contributed by atoms with Gasteiger partial charge in [0, 0.05) is 29.2 Å². The van der Waals surface area contributed by atoms with Crippen LogP contribution in [-0.4, -0.2) is 42.0 Å². The van der Waals surface area contributed by atoms with Crippen LogP contribution >= 0.6 is 11.6 Å². The zero-order chi connectivity index (χ0) is 17.9. The van der Waals surface area contributed by atoms with E-state index in [1.54, 1.807) is 0 Å². The maximum atomic E-state index is 6.16. The van der Waals surface area contributed by atoms with Crippen molar-refractivity contribution >= 4 is 11.6 Å². The van der Waals surface area contributed by atoms with E-state index < -0.39 is 0 Å². The Kier molecular flexibility index (Phi) is 6.25. The van der Waals surface area contributed by atoms with Crippen LogP contribution in [0, 0.1) is 0 Å². The Hall–Kier alpha value is -0.830. The molecule has 1 aromatic rings. The average Bonchev–Trinajstić information content (AvgIpc) is 3.47. The number of hydrogen-bond acceptors (Lipinski definition) is 2. The molecular formula is C22H33ClN2. The van der Waals surface area contributed by atoms with Gasteiger partial charge < -0.3 is 0 Å². The van der Waals surface area contributed by atoms with Crippen LogP contribution in [0.1, 0.15) is 57.4 Å². The molecule has 1 aromatic carbocycles. The molecule has 0 unspecified atom stereocenters. The quantitative estimate of drug-likeness (QED) is 0.567. The highest BCUT2D eigenvalue weighted by atomic mass is 35.5. The van der Waals surface area contributed by atoms with Gasteiger partial charge in [-0.3, -0.25) is 9.80 Å². The van der Waals surface area contributed by atoms with E-state index in [0.717, 1.165) is 17.6 Å². The van der Waals surface area contributed by atoms with Gasteiger partial charge in [0.25, 0.3) is 0 Å². The lowest BCUT2D eigenvalue weighted by Gasteiger charge is -2.49. The molecule has 2 aliphatic carbocycles. The number of benzene rings is 1. The van der Waals surface area contributed by atoms with E-state index in [1.807, 2.05) is 0 Å². The van der Waals surface area contributed by atoms with Gasteiger partial charge >= 0.3 is 0 Å². The van der Waals surface area contributed by atoms with Gasteiger partial charge in [0.15, 0.2) is 0 Å². The molecule has 2 aliphatic rings. The molecule has 0 amide bonds. The zero-order valence-corrected chi connectivity index (χ0v) is 16.6. The molecule has 0 aliphatic heterocycles. The minimum Gasteiger partial charge on any atom is -0.297 e. The number of halogens is 1. The van der Waals surface area contributed by atoms with E-state index in [0.29, 0.717) is 6.04 Å². The Morgan fingerprint density at radius 3 is 2.28 bits per heavy atom. The normalized spacial score (nSPS) is 27.0. The molecule has 0 bridgehead atoms. The first-order valence-corrected chi connectivity index (χ1v) is 10.3. The molecule has 0 atom stereocenters. The lowest BCUT2D eigenvalue weighted by molar-refractivity contribution is 0.0307. The van der Waals surface area contributed by atoms with Gasteiger partial charge in [-0.25, -0.2) is 0 Å². The summed E-state index contributed by atoms with van der Waals surface area (Å²) in [6.45, 7) is 8.44. The van der Waals surface area contributed by atoms with E-state index in [-0.39, 0.29) is 5.54 Å². The van der Waals surface area contributed by atoms with Crippen molar-refractivity contribution in [2.24, 2.45) is 0 Å². The standard InChI is InChI=1S/C22H33ClN2/c1-4-16-25(17-5-2)21-12-14-22(15-13-21,24(3)20-10-11-20)18-6-8-19(23)9-7-18/h4,6-9,20-21H,1,5,10-17H2,2-3H3. The highest BCUT2D eigenvalue weighted by Gasteiger charge is 2.45. The van der Waals surface area contributed by atoms with Crippen LogP contribution in [0.5, 0.6) is 0 Å². The minimum absolute atomic E-state index is 0.189. The van der Waals surface area contributed by atoms with Crippen molar-refractivity contribution in [2.75, 3.05) is 20.1 Å². The molecule has 2 nitrogen and oxygen atoms in total. The molecule has 0 radical (unpaired) electrons. The number of hydrogen-bond donors (Lipinski definition) is 0. The summed E-state index contributed by atoms with van der Waals surface area (Å²) >= 11 is 6.16. The Bertz CT molecular complexity index is 556. The molecule has 3 heteroatoms. The Labute approximate surface area is 158 Å². The van der Waals surface area contributed by atoms with E-state index in [4.69, 9.17) is 11.6 Å². The van der Waals surface area contributed by atoms with Crippen molar-refractivity contribution in [1.82, 2.24) is 9.80 Å². The summed E-state index contributed by atoms with van der Waals surface area (Å²) in [5.41, 5.74) is 1.64. The van der Waals surface area contributed by atoms with Crippen LogP contribution in [0.25, 0.3) is 0 Å². The van der Waals surface area contributed by atoms with E-state index in [1.165, 1.54) is 57.1 Å². The van der Waals surface area contributed by atoms with Crippen molar-refractivity contribution in [3.05, 3.63) is 47.5 Å². The second-order valence-corrected chi connectivity index (χ2v) is 8.33. The summed E-state index contributed by atoms with van der Waals surface area (Å²) in [5, 5.41) is 0.835. The Balaban J connectivity index is 1.79. The summed E-state index contributed by atoms with van der Waals surface area (Å²) in [6, 6.07) is 10.1. The van der Waals surface area contributed by atoms with Gasteiger partial charge in [-0.2, -0.15) is 0 Å². The molecule has 2 fully saturated rings. The first kappa shape index (κ1) is 18.9. The van der Waals surface area contributed by atoms with E-state index in [2.05, 4.69) is 60.7 Å². The van der Waals surface area contributed by atoms with Crippen LogP contribution in [-0.2, 0) is 5.54 Å². The predicted octanol–water partition coefficient (Wildman–Crippen LogP) is 5.47. The Morgan fingerprint density at radius 2 is 1.76 bits per heavy atom. The van der Waals surface area contributed by atoms with Gasteiger partial charge in [-0.15, -0.1) is 6.58 Å². The maximum Gasteiger partial charge on any atom is 0.0461 e. The predicted molar refractivity (Wildman–Crippen MR) is 108 cm³/mol. The van der Waals surface area contributed by atoms with Gasteiger partial charge in [-0.1, -0.05) is 36.7 Å². The first-order valence-electron chi connectivity index (χ1n) is 9.94. The van der Waals surface area contributed by atoms with Crippen LogP contribution < -0.4 is 0 Å². The lowest BCUT2D eigenvalue weighted by atomic mass is 9.73. The zero-order valence-electron chi connectivity index (χ0n) is 15.9. The van der Waals surface area contributed by atoms with Crippen molar-refractivity contribution in [3.63, 3.8) is 0 Å². The Morgan fingerprint density at radius 1 is 1.12 bits per heavy atom. The third-order valence-corrected chi connectivity index (χ3v) is 6.58. The van der Waals surface area contributed by atoms with Crippen LogP contribution in [0.3, 0.4) is 0 Å². The molecule has 25 heavy (non-hydrogen) atoms. The van der Waals surface area contributed by atoms with Crippen molar-refractivity contribution in [1.29, 1.82) is 0 Å². The summed E-state index contributed by atoms with van der Waals surface area (Å²) in [5.74, 6) is 0. The topological polar surface area (TPSA) is 6.48 Å². The van der Waals surface area contributed by atoms with Gasteiger partial charge in [0.05, 0.1) is 0 Å². The summed E-state index contributed by atoms with van der Waals surface area (Å²) < 4.78 is 0. The summed E-state index contributed by atoms with van der Waals surface area (Å²) in [7, 11) is 2.35.